The highest BCUT2D eigenvalue weighted by atomic mass is 79.9. The Bertz CT molecular complexity index is 380. The van der Waals surface area contributed by atoms with Gasteiger partial charge in [0, 0.05) is 9.75 Å². The van der Waals surface area contributed by atoms with Crippen molar-refractivity contribution in [2.45, 2.75) is 63.0 Å². The molecule has 2 rings (SSSR count). The van der Waals surface area contributed by atoms with Crippen LogP contribution in [0.3, 0.4) is 0 Å². The molecule has 3 heteroatoms. The Morgan fingerprint density at radius 1 is 1.35 bits per heavy atom. The molecule has 1 aromatic heterocycles. The van der Waals surface area contributed by atoms with E-state index in [0.717, 1.165) is 0 Å². The van der Waals surface area contributed by atoms with Crippen molar-refractivity contribution >= 4 is 27.3 Å². The molecule has 1 nitrogen and oxygen atoms in total. The summed E-state index contributed by atoms with van der Waals surface area (Å²) in [6, 6.07) is 4.50. The maximum atomic E-state index is 5.93. The first-order valence-corrected chi connectivity index (χ1v) is 8.01. The number of rotatable bonds is 2. The van der Waals surface area contributed by atoms with Gasteiger partial charge in [-0.05, 0) is 37.3 Å². The summed E-state index contributed by atoms with van der Waals surface area (Å²) >= 11 is 5.71. The lowest BCUT2D eigenvalue weighted by Crippen LogP contribution is -2.13. The molecule has 0 amide bonds. The van der Waals surface area contributed by atoms with E-state index in [2.05, 4.69) is 55.8 Å². The Morgan fingerprint density at radius 3 is 2.53 bits per heavy atom. The van der Waals surface area contributed by atoms with Crippen molar-refractivity contribution in [1.82, 2.24) is 0 Å². The second-order valence-electron chi connectivity index (χ2n) is 5.92. The lowest BCUT2D eigenvalue weighted by Gasteiger charge is -2.18. The molecule has 17 heavy (non-hydrogen) atoms. The fraction of sp³-hybridized carbons (Fsp3) is 0.714. The minimum atomic E-state index is 0.249. The van der Waals surface area contributed by atoms with E-state index in [1.54, 1.807) is 0 Å². The second-order valence-corrected chi connectivity index (χ2v) is 8.02. The first-order valence-electron chi connectivity index (χ1n) is 6.27. The third-order valence-electron chi connectivity index (χ3n) is 3.23. The van der Waals surface area contributed by atoms with Crippen LogP contribution in [0.25, 0.3) is 0 Å². The largest absolute Gasteiger partial charge is 0.374 e. The molecule has 3 unspecified atom stereocenters. The van der Waals surface area contributed by atoms with E-state index in [9.17, 15) is 0 Å². The minimum Gasteiger partial charge on any atom is -0.374 e. The summed E-state index contributed by atoms with van der Waals surface area (Å²) in [4.78, 5) is 3.20. The molecular formula is C14H21BrOS. The van der Waals surface area contributed by atoms with Crippen molar-refractivity contribution in [3.63, 3.8) is 0 Å². The first-order chi connectivity index (χ1) is 7.88. The van der Waals surface area contributed by atoms with Crippen LogP contribution in [0.15, 0.2) is 12.1 Å². The third kappa shape index (κ3) is 3.12. The minimum absolute atomic E-state index is 0.249. The zero-order valence-corrected chi connectivity index (χ0v) is 13.4. The average Bonchev–Trinajstić information content (AvgIpc) is 2.83. The summed E-state index contributed by atoms with van der Waals surface area (Å²) in [5, 5.41) is 0. The predicted octanol–water partition coefficient (Wildman–Crippen LogP) is 5.05. The van der Waals surface area contributed by atoms with Crippen LogP contribution in [0, 0.1) is 0 Å². The van der Waals surface area contributed by atoms with Crippen molar-refractivity contribution in [3.05, 3.63) is 21.9 Å². The van der Waals surface area contributed by atoms with Crippen molar-refractivity contribution in [2.75, 3.05) is 0 Å². The number of alkyl halides is 1. The normalized spacial score (nSPS) is 27.4. The molecule has 1 aliphatic rings. The van der Waals surface area contributed by atoms with Crippen LogP contribution in [0.5, 0.6) is 0 Å². The van der Waals surface area contributed by atoms with Crippen molar-refractivity contribution in [1.29, 1.82) is 0 Å². The maximum Gasteiger partial charge on any atom is 0.0753 e. The van der Waals surface area contributed by atoms with Gasteiger partial charge < -0.3 is 4.74 Å². The molecule has 1 aromatic rings. The van der Waals surface area contributed by atoms with Crippen LogP contribution in [0.2, 0.25) is 0 Å². The van der Waals surface area contributed by atoms with Crippen LogP contribution >= 0.6 is 27.3 Å². The maximum absolute atomic E-state index is 5.93. The van der Waals surface area contributed by atoms with Gasteiger partial charge in [0.2, 0.25) is 0 Å². The van der Waals surface area contributed by atoms with Gasteiger partial charge in [0.05, 0.1) is 17.0 Å². The summed E-state index contributed by atoms with van der Waals surface area (Å²) in [5.41, 5.74) is 0.249. The fourth-order valence-corrected chi connectivity index (χ4v) is 4.05. The molecule has 96 valence electrons. The molecule has 0 aliphatic carbocycles. The van der Waals surface area contributed by atoms with E-state index in [-0.39, 0.29) is 5.41 Å². The van der Waals surface area contributed by atoms with Crippen molar-refractivity contribution in [2.24, 2.45) is 0 Å². The molecule has 1 fully saturated rings. The highest BCUT2D eigenvalue weighted by Crippen LogP contribution is 2.41. The number of hydrogen-bond acceptors (Lipinski definition) is 2. The molecule has 0 N–H and O–H groups in total. The molecule has 3 atom stereocenters. The van der Waals surface area contributed by atoms with Gasteiger partial charge in [-0.3, -0.25) is 0 Å². The summed E-state index contributed by atoms with van der Waals surface area (Å²) in [7, 11) is 0. The molecule has 0 aromatic carbocycles. The van der Waals surface area contributed by atoms with Crippen LogP contribution < -0.4 is 0 Å². The summed E-state index contributed by atoms with van der Waals surface area (Å²) in [6.07, 6.45) is 3.11. The number of hydrogen-bond donors (Lipinski definition) is 0. The Balaban J connectivity index is 2.09. The fourth-order valence-electron chi connectivity index (χ4n) is 2.14. The van der Waals surface area contributed by atoms with Gasteiger partial charge in [-0.1, -0.05) is 36.7 Å². The van der Waals surface area contributed by atoms with Gasteiger partial charge in [-0.25, -0.2) is 0 Å². The van der Waals surface area contributed by atoms with Crippen LogP contribution in [-0.4, -0.2) is 12.2 Å². The van der Waals surface area contributed by atoms with Crippen molar-refractivity contribution in [3.8, 4) is 0 Å². The van der Waals surface area contributed by atoms with Gasteiger partial charge in [0.25, 0.3) is 0 Å². The first kappa shape index (κ1) is 13.6. The van der Waals surface area contributed by atoms with Gasteiger partial charge in [0.1, 0.15) is 0 Å². The molecule has 2 heterocycles. The summed E-state index contributed by atoms with van der Waals surface area (Å²) < 4.78 is 5.93. The zero-order chi connectivity index (χ0) is 12.6. The van der Waals surface area contributed by atoms with Gasteiger partial charge in [0.15, 0.2) is 0 Å². The lowest BCUT2D eigenvalue weighted by molar-refractivity contribution is 0.0561. The third-order valence-corrected chi connectivity index (χ3v) is 6.21. The molecule has 0 saturated carbocycles. The van der Waals surface area contributed by atoms with Crippen LogP contribution in [0.4, 0.5) is 0 Å². The highest BCUT2D eigenvalue weighted by molar-refractivity contribution is 9.09. The number of ether oxygens (including phenoxy) is 1. The van der Waals surface area contributed by atoms with E-state index >= 15 is 0 Å². The Morgan fingerprint density at radius 2 is 2.06 bits per heavy atom. The van der Waals surface area contributed by atoms with Gasteiger partial charge in [-0.2, -0.15) is 0 Å². The van der Waals surface area contributed by atoms with Crippen molar-refractivity contribution < 1.29 is 4.74 Å². The Labute approximate surface area is 117 Å². The molecule has 1 saturated heterocycles. The van der Waals surface area contributed by atoms with E-state index in [1.165, 1.54) is 22.6 Å². The average molecular weight is 317 g/mol. The molecule has 0 spiro atoms. The number of halogens is 1. The number of thiophene rings is 1. The van der Waals surface area contributed by atoms with E-state index in [4.69, 9.17) is 4.74 Å². The topological polar surface area (TPSA) is 9.23 Å². The van der Waals surface area contributed by atoms with Crippen LogP contribution in [-0.2, 0) is 10.2 Å². The van der Waals surface area contributed by atoms with Crippen LogP contribution in [0.1, 0.15) is 55.1 Å². The molecular weight excluding hydrogens is 296 g/mol. The zero-order valence-electron chi connectivity index (χ0n) is 11.0. The smallest absolute Gasteiger partial charge is 0.0753 e. The summed E-state index contributed by atoms with van der Waals surface area (Å²) in [5.74, 6) is 0. The Kier molecular flexibility index (Phi) is 4.01. The van der Waals surface area contributed by atoms with E-state index in [0.29, 0.717) is 17.0 Å². The van der Waals surface area contributed by atoms with E-state index < -0.39 is 0 Å². The monoisotopic (exact) mass is 316 g/mol. The summed E-state index contributed by atoms with van der Waals surface area (Å²) in [6.45, 7) is 8.95. The lowest BCUT2D eigenvalue weighted by atomic mass is 9.95. The Hall–Kier alpha value is 0.140. The second kappa shape index (κ2) is 5.02. The van der Waals surface area contributed by atoms with Gasteiger partial charge >= 0.3 is 0 Å². The van der Waals surface area contributed by atoms with E-state index in [1.807, 2.05) is 11.3 Å². The quantitative estimate of drug-likeness (QED) is 0.694. The molecule has 0 bridgehead atoms. The molecule has 0 radical (unpaired) electrons. The molecule has 1 aliphatic heterocycles. The SMILES string of the molecule is CC1CCC(C(Br)c2ccc(C(C)(C)C)s2)O1. The standard InChI is InChI=1S/C14H21BrOS/c1-9-5-6-10(16-9)13(15)11-7-8-12(17-11)14(2,3)4/h7-10,13H,5-6H2,1-4H3. The highest BCUT2D eigenvalue weighted by Gasteiger charge is 2.30. The predicted molar refractivity (Wildman–Crippen MR) is 78.3 cm³/mol. The van der Waals surface area contributed by atoms with Gasteiger partial charge in [-0.15, -0.1) is 11.3 Å².